The number of pyridine rings is 1. The van der Waals surface area contributed by atoms with Crippen LogP contribution in [-0.4, -0.2) is 28.5 Å². The Balaban J connectivity index is 1.29. The van der Waals surface area contributed by atoms with E-state index in [-0.39, 0.29) is 5.91 Å². The van der Waals surface area contributed by atoms with Crippen LogP contribution in [0.1, 0.15) is 11.3 Å². The van der Waals surface area contributed by atoms with Crippen molar-refractivity contribution in [1.82, 2.24) is 15.3 Å². The molecule has 3 heterocycles. The van der Waals surface area contributed by atoms with Crippen LogP contribution in [0.5, 0.6) is 5.75 Å². The van der Waals surface area contributed by atoms with Crippen LogP contribution in [0, 0.1) is 0 Å². The summed E-state index contributed by atoms with van der Waals surface area (Å²) >= 11 is 1.60. The maximum atomic E-state index is 12.3. The van der Waals surface area contributed by atoms with Crippen LogP contribution in [0.4, 0.5) is 0 Å². The maximum Gasteiger partial charge on any atom is 0.261 e. The number of hydrogen-bond donors (Lipinski definition) is 1. The van der Waals surface area contributed by atoms with E-state index < -0.39 is 6.10 Å². The van der Waals surface area contributed by atoms with Gasteiger partial charge in [0.1, 0.15) is 10.8 Å². The minimum atomic E-state index is -0.430. The van der Waals surface area contributed by atoms with E-state index in [2.05, 4.69) is 15.3 Å². The molecular formula is C19H17N3O2S. The zero-order valence-corrected chi connectivity index (χ0v) is 14.3. The fraction of sp³-hybridized carbons (Fsp3) is 0.211. The fourth-order valence-corrected chi connectivity index (χ4v) is 3.67. The van der Waals surface area contributed by atoms with Crippen LogP contribution in [0.3, 0.4) is 0 Å². The number of carbonyl (C=O) groups is 1. The van der Waals surface area contributed by atoms with E-state index in [0.717, 1.165) is 27.6 Å². The molecule has 0 radical (unpaired) electrons. The first-order valence-corrected chi connectivity index (χ1v) is 9.04. The van der Waals surface area contributed by atoms with Gasteiger partial charge in [-0.05, 0) is 23.8 Å². The number of nitrogens with one attached hydrogen (secondary N) is 1. The Bertz CT molecular complexity index is 854. The van der Waals surface area contributed by atoms with Gasteiger partial charge in [0.05, 0.1) is 5.69 Å². The third-order valence-corrected chi connectivity index (χ3v) is 5.04. The minimum absolute atomic E-state index is 0.0687. The van der Waals surface area contributed by atoms with Gasteiger partial charge < -0.3 is 10.1 Å². The Morgan fingerprint density at radius 2 is 2.08 bits per heavy atom. The molecule has 0 bridgehead atoms. The fourth-order valence-electron chi connectivity index (χ4n) is 2.80. The second-order valence-electron chi connectivity index (χ2n) is 5.84. The first-order chi connectivity index (χ1) is 12.3. The SMILES string of the molecule is O=C(NCCc1csc(-c2ccncc2)n1)C1Cc2ccccc2O1. The number of benzene rings is 1. The molecule has 0 fully saturated rings. The smallest absolute Gasteiger partial charge is 0.261 e. The van der Waals surface area contributed by atoms with E-state index >= 15 is 0 Å². The van der Waals surface area contributed by atoms with Crippen molar-refractivity contribution in [1.29, 1.82) is 0 Å². The Kier molecular flexibility index (Phi) is 4.43. The molecule has 5 nitrogen and oxygen atoms in total. The highest BCUT2D eigenvalue weighted by molar-refractivity contribution is 7.13. The summed E-state index contributed by atoms with van der Waals surface area (Å²) in [5, 5.41) is 5.95. The highest BCUT2D eigenvalue weighted by atomic mass is 32.1. The molecule has 0 saturated heterocycles. The molecule has 1 amide bonds. The molecule has 1 atom stereocenters. The van der Waals surface area contributed by atoms with Crippen LogP contribution in [0.25, 0.3) is 10.6 Å². The molecular weight excluding hydrogens is 334 g/mol. The van der Waals surface area contributed by atoms with Crippen LogP contribution < -0.4 is 10.1 Å². The van der Waals surface area contributed by atoms with Crippen LogP contribution in [0.15, 0.2) is 54.2 Å². The van der Waals surface area contributed by atoms with Crippen molar-refractivity contribution in [2.24, 2.45) is 0 Å². The lowest BCUT2D eigenvalue weighted by atomic mass is 10.1. The van der Waals surface area contributed by atoms with Crippen molar-refractivity contribution in [3.8, 4) is 16.3 Å². The van der Waals surface area contributed by atoms with Crippen molar-refractivity contribution >= 4 is 17.2 Å². The van der Waals surface area contributed by atoms with Gasteiger partial charge in [0.2, 0.25) is 0 Å². The molecule has 6 heteroatoms. The average molecular weight is 351 g/mol. The van der Waals surface area contributed by atoms with Gasteiger partial charge in [-0.1, -0.05) is 18.2 Å². The Hall–Kier alpha value is -2.73. The van der Waals surface area contributed by atoms with Gasteiger partial charge in [-0.3, -0.25) is 9.78 Å². The van der Waals surface area contributed by atoms with Gasteiger partial charge >= 0.3 is 0 Å². The Morgan fingerprint density at radius 3 is 2.92 bits per heavy atom. The van der Waals surface area contributed by atoms with Crippen molar-refractivity contribution in [2.75, 3.05) is 6.54 Å². The van der Waals surface area contributed by atoms with Gasteiger partial charge in [0.15, 0.2) is 6.10 Å². The number of carbonyl (C=O) groups excluding carboxylic acids is 1. The molecule has 3 aromatic rings. The first-order valence-electron chi connectivity index (χ1n) is 8.17. The highest BCUT2D eigenvalue weighted by Crippen LogP contribution is 2.28. The first kappa shape index (κ1) is 15.8. The van der Waals surface area contributed by atoms with Gasteiger partial charge in [0, 0.05) is 42.7 Å². The number of rotatable bonds is 5. The summed E-state index contributed by atoms with van der Waals surface area (Å²) in [6, 6.07) is 11.7. The summed E-state index contributed by atoms with van der Waals surface area (Å²) in [5.74, 6) is 0.741. The van der Waals surface area contributed by atoms with Crippen molar-refractivity contribution in [3.63, 3.8) is 0 Å². The number of hydrogen-bond acceptors (Lipinski definition) is 5. The molecule has 1 aromatic carbocycles. The minimum Gasteiger partial charge on any atom is -0.480 e. The number of nitrogens with zero attached hydrogens (tertiary/aromatic N) is 2. The molecule has 1 aliphatic heterocycles. The number of thiazole rings is 1. The van der Waals surface area contributed by atoms with Crippen molar-refractivity contribution in [2.45, 2.75) is 18.9 Å². The molecule has 0 saturated carbocycles. The van der Waals surface area contributed by atoms with Gasteiger partial charge in [0.25, 0.3) is 5.91 Å². The van der Waals surface area contributed by atoms with Crippen LogP contribution >= 0.6 is 11.3 Å². The molecule has 25 heavy (non-hydrogen) atoms. The monoisotopic (exact) mass is 351 g/mol. The summed E-state index contributed by atoms with van der Waals surface area (Å²) in [7, 11) is 0. The topological polar surface area (TPSA) is 64.1 Å². The van der Waals surface area contributed by atoms with E-state index in [4.69, 9.17) is 4.74 Å². The quantitative estimate of drug-likeness (QED) is 0.768. The molecule has 2 aromatic heterocycles. The van der Waals surface area contributed by atoms with Crippen LogP contribution in [-0.2, 0) is 17.6 Å². The summed E-state index contributed by atoms with van der Waals surface area (Å²) in [4.78, 5) is 20.9. The van der Waals surface area contributed by atoms with E-state index in [0.29, 0.717) is 19.4 Å². The van der Waals surface area contributed by atoms with E-state index in [9.17, 15) is 4.79 Å². The second-order valence-corrected chi connectivity index (χ2v) is 6.70. The third kappa shape index (κ3) is 3.53. The van der Waals surface area contributed by atoms with Crippen LogP contribution in [0.2, 0.25) is 0 Å². The molecule has 1 aliphatic rings. The summed E-state index contributed by atoms with van der Waals surface area (Å²) in [6.07, 6.45) is 4.42. The zero-order valence-electron chi connectivity index (χ0n) is 13.5. The summed E-state index contributed by atoms with van der Waals surface area (Å²) < 4.78 is 5.70. The van der Waals surface area contributed by atoms with E-state index in [1.807, 2.05) is 41.8 Å². The third-order valence-electron chi connectivity index (χ3n) is 4.10. The predicted molar refractivity (Wildman–Crippen MR) is 96.6 cm³/mol. The lowest BCUT2D eigenvalue weighted by Gasteiger charge is -2.10. The maximum absolute atomic E-state index is 12.3. The average Bonchev–Trinajstić information content (AvgIpc) is 3.29. The molecule has 1 unspecified atom stereocenters. The molecule has 4 rings (SSSR count). The van der Waals surface area contributed by atoms with Crippen molar-refractivity contribution < 1.29 is 9.53 Å². The van der Waals surface area contributed by atoms with Gasteiger partial charge in [-0.25, -0.2) is 4.98 Å². The molecule has 0 spiro atoms. The largest absolute Gasteiger partial charge is 0.480 e. The second kappa shape index (κ2) is 7.03. The van der Waals surface area contributed by atoms with Gasteiger partial charge in [-0.15, -0.1) is 11.3 Å². The normalized spacial score (nSPS) is 15.4. The summed E-state index contributed by atoms with van der Waals surface area (Å²) in [5.41, 5.74) is 3.13. The standard InChI is InChI=1S/C19H17N3O2S/c23-18(17-11-14-3-1-2-4-16(14)24-17)21-10-7-15-12-25-19(22-15)13-5-8-20-9-6-13/h1-6,8-9,12,17H,7,10-11H2,(H,21,23). The molecule has 0 aliphatic carbocycles. The van der Waals surface area contributed by atoms with Crippen molar-refractivity contribution in [3.05, 3.63) is 65.4 Å². The number of ether oxygens (including phenoxy) is 1. The predicted octanol–water partition coefficient (Wildman–Crippen LogP) is 2.87. The van der Waals surface area contributed by atoms with E-state index in [1.54, 1.807) is 23.7 Å². The zero-order chi connectivity index (χ0) is 17.1. The Morgan fingerprint density at radius 1 is 1.24 bits per heavy atom. The van der Waals surface area contributed by atoms with E-state index in [1.165, 1.54) is 0 Å². The summed E-state index contributed by atoms with van der Waals surface area (Å²) in [6.45, 7) is 0.550. The lowest BCUT2D eigenvalue weighted by Crippen LogP contribution is -2.38. The number of aromatic nitrogens is 2. The van der Waals surface area contributed by atoms with Gasteiger partial charge in [-0.2, -0.15) is 0 Å². The lowest BCUT2D eigenvalue weighted by molar-refractivity contribution is -0.127. The number of fused-ring (bicyclic) bond motifs is 1. The Labute approximate surface area is 149 Å². The number of amides is 1. The molecule has 1 N–H and O–H groups in total. The highest BCUT2D eigenvalue weighted by Gasteiger charge is 2.28. The molecule has 126 valence electrons. The number of para-hydroxylation sites is 1.